The van der Waals surface area contributed by atoms with Crippen molar-refractivity contribution in [2.75, 3.05) is 21.9 Å². The number of nitrogens with zero attached hydrogens (tertiary/aromatic N) is 1. The summed E-state index contributed by atoms with van der Waals surface area (Å²) in [7, 11) is -3.28. The Labute approximate surface area is 129 Å². The molecule has 0 aliphatic carbocycles. The van der Waals surface area contributed by atoms with E-state index >= 15 is 0 Å². The van der Waals surface area contributed by atoms with Gasteiger partial charge in [0.1, 0.15) is 0 Å². The fourth-order valence-electron chi connectivity index (χ4n) is 2.18. The van der Waals surface area contributed by atoms with Gasteiger partial charge in [-0.2, -0.15) is 0 Å². The molecule has 1 aliphatic heterocycles. The van der Waals surface area contributed by atoms with Gasteiger partial charge in [0.15, 0.2) is 0 Å². The van der Waals surface area contributed by atoms with Crippen LogP contribution in [0.3, 0.4) is 0 Å². The molecule has 0 saturated carbocycles. The summed E-state index contributed by atoms with van der Waals surface area (Å²) in [5.41, 5.74) is 0.864. The summed E-state index contributed by atoms with van der Waals surface area (Å²) in [6, 6.07) is 6.31. The standard InChI is InChI=1S/C14H19N3O4S/c1-10(2)15-13(18)14(19)16-11-5-3-6-12(9-11)17-7-4-8-22(17,20)21/h3,5-6,9-10H,4,7-8H2,1-2H3,(H,15,18)(H,16,19). The van der Waals surface area contributed by atoms with Gasteiger partial charge in [-0.15, -0.1) is 0 Å². The van der Waals surface area contributed by atoms with E-state index in [1.165, 1.54) is 4.31 Å². The van der Waals surface area contributed by atoms with Crippen molar-refractivity contribution in [1.29, 1.82) is 0 Å². The lowest BCUT2D eigenvalue weighted by atomic mass is 10.2. The Morgan fingerprint density at radius 1 is 1.23 bits per heavy atom. The van der Waals surface area contributed by atoms with Gasteiger partial charge in [-0.1, -0.05) is 6.07 Å². The Morgan fingerprint density at radius 2 is 1.95 bits per heavy atom. The number of hydrogen-bond acceptors (Lipinski definition) is 4. The number of rotatable bonds is 3. The quantitative estimate of drug-likeness (QED) is 0.799. The highest BCUT2D eigenvalue weighted by atomic mass is 32.2. The molecule has 1 aromatic carbocycles. The van der Waals surface area contributed by atoms with Crippen molar-refractivity contribution in [3.8, 4) is 0 Å². The van der Waals surface area contributed by atoms with Crippen LogP contribution < -0.4 is 14.9 Å². The van der Waals surface area contributed by atoms with Gasteiger partial charge < -0.3 is 10.6 Å². The van der Waals surface area contributed by atoms with Gasteiger partial charge in [0.05, 0.1) is 11.4 Å². The van der Waals surface area contributed by atoms with Gasteiger partial charge in [-0.25, -0.2) is 8.42 Å². The van der Waals surface area contributed by atoms with Gasteiger partial charge in [-0.05, 0) is 38.5 Å². The molecule has 22 heavy (non-hydrogen) atoms. The molecule has 0 bridgehead atoms. The van der Waals surface area contributed by atoms with Gasteiger partial charge in [-0.3, -0.25) is 13.9 Å². The average Bonchev–Trinajstić information content (AvgIpc) is 2.77. The second-order valence-electron chi connectivity index (χ2n) is 5.37. The number of benzene rings is 1. The van der Waals surface area contributed by atoms with E-state index in [-0.39, 0.29) is 11.8 Å². The van der Waals surface area contributed by atoms with Gasteiger partial charge >= 0.3 is 11.8 Å². The summed E-state index contributed by atoms with van der Waals surface area (Å²) in [5.74, 6) is -1.38. The van der Waals surface area contributed by atoms with E-state index < -0.39 is 21.8 Å². The molecule has 120 valence electrons. The Hall–Kier alpha value is -2.09. The first-order valence-electron chi connectivity index (χ1n) is 7.02. The summed E-state index contributed by atoms with van der Waals surface area (Å²) in [5, 5.41) is 4.95. The highest BCUT2D eigenvalue weighted by molar-refractivity contribution is 7.93. The van der Waals surface area contributed by atoms with Crippen molar-refractivity contribution >= 4 is 33.2 Å². The van der Waals surface area contributed by atoms with Crippen LogP contribution in [-0.2, 0) is 19.6 Å². The average molecular weight is 325 g/mol. The monoisotopic (exact) mass is 325 g/mol. The fraction of sp³-hybridized carbons (Fsp3) is 0.429. The molecule has 2 N–H and O–H groups in total. The number of anilines is 2. The molecular weight excluding hydrogens is 306 g/mol. The topological polar surface area (TPSA) is 95.6 Å². The summed E-state index contributed by atoms with van der Waals surface area (Å²) in [6.45, 7) is 3.93. The lowest BCUT2D eigenvalue weighted by molar-refractivity contribution is -0.136. The smallest absolute Gasteiger partial charge is 0.313 e. The first-order valence-corrected chi connectivity index (χ1v) is 8.63. The number of amides is 2. The second-order valence-corrected chi connectivity index (χ2v) is 7.39. The van der Waals surface area contributed by atoms with Crippen LogP contribution in [0, 0.1) is 0 Å². The zero-order valence-electron chi connectivity index (χ0n) is 12.5. The van der Waals surface area contributed by atoms with E-state index in [0.29, 0.717) is 24.3 Å². The van der Waals surface area contributed by atoms with Crippen molar-refractivity contribution in [1.82, 2.24) is 5.32 Å². The molecule has 0 aromatic heterocycles. The SMILES string of the molecule is CC(C)NC(=O)C(=O)Nc1cccc(N2CCCS2(=O)=O)c1. The summed E-state index contributed by atoms with van der Waals surface area (Å²) in [4.78, 5) is 23.3. The normalized spacial score (nSPS) is 16.6. The molecule has 1 fully saturated rings. The van der Waals surface area contributed by atoms with Crippen molar-refractivity contribution in [3.63, 3.8) is 0 Å². The maximum Gasteiger partial charge on any atom is 0.313 e. The van der Waals surface area contributed by atoms with Crippen LogP contribution in [0.2, 0.25) is 0 Å². The Morgan fingerprint density at radius 3 is 2.55 bits per heavy atom. The molecule has 0 radical (unpaired) electrons. The Bertz CT molecular complexity index is 685. The third-order valence-corrected chi connectivity index (χ3v) is 4.99. The number of sulfonamides is 1. The lowest BCUT2D eigenvalue weighted by Crippen LogP contribution is -2.39. The van der Waals surface area contributed by atoms with Crippen LogP contribution in [0.15, 0.2) is 24.3 Å². The molecule has 0 atom stereocenters. The predicted octanol–water partition coefficient (Wildman–Crippen LogP) is 0.690. The first kappa shape index (κ1) is 16.3. The summed E-state index contributed by atoms with van der Waals surface area (Å²) in [6.07, 6.45) is 0.579. The third kappa shape index (κ3) is 3.76. The highest BCUT2D eigenvalue weighted by Crippen LogP contribution is 2.26. The number of carbonyl (C=O) groups is 2. The van der Waals surface area contributed by atoms with Crippen LogP contribution in [0.25, 0.3) is 0 Å². The van der Waals surface area contributed by atoms with Crippen LogP contribution >= 0.6 is 0 Å². The minimum atomic E-state index is -3.28. The van der Waals surface area contributed by atoms with Crippen molar-refractivity contribution in [2.45, 2.75) is 26.3 Å². The fourth-order valence-corrected chi connectivity index (χ4v) is 3.74. The minimum absolute atomic E-state index is 0.125. The molecule has 1 aliphatic rings. The Balaban J connectivity index is 2.12. The third-order valence-electron chi connectivity index (χ3n) is 3.12. The van der Waals surface area contributed by atoms with Crippen molar-refractivity contribution < 1.29 is 18.0 Å². The lowest BCUT2D eigenvalue weighted by Gasteiger charge is -2.17. The number of nitrogens with one attached hydrogen (secondary N) is 2. The molecule has 0 unspecified atom stereocenters. The first-order chi connectivity index (χ1) is 10.3. The molecule has 1 heterocycles. The second kappa shape index (κ2) is 6.35. The van der Waals surface area contributed by atoms with E-state index in [9.17, 15) is 18.0 Å². The largest absolute Gasteiger partial charge is 0.346 e. The zero-order valence-corrected chi connectivity index (χ0v) is 13.3. The molecule has 2 amide bonds. The number of carbonyl (C=O) groups excluding carboxylic acids is 2. The van der Waals surface area contributed by atoms with E-state index in [2.05, 4.69) is 10.6 Å². The molecule has 1 aromatic rings. The number of hydrogen-bond donors (Lipinski definition) is 2. The maximum atomic E-state index is 11.9. The zero-order chi connectivity index (χ0) is 16.3. The van der Waals surface area contributed by atoms with Crippen LogP contribution in [0.4, 0.5) is 11.4 Å². The molecule has 1 saturated heterocycles. The van der Waals surface area contributed by atoms with Gasteiger partial charge in [0.25, 0.3) is 0 Å². The molecule has 0 spiro atoms. The molecule has 7 nitrogen and oxygen atoms in total. The summed E-state index contributed by atoms with van der Waals surface area (Å²) >= 11 is 0. The molecule has 2 rings (SSSR count). The Kier molecular flexibility index (Phi) is 4.70. The van der Waals surface area contributed by atoms with Crippen LogP contribution in [0.1, 0.15) is 20.3 Å². The van der Waals surface area contributed by atoms with Crippen molar-refractivity contribution in [3.05, 3.63) is 24.3 Å². The van der Waals surface area contributed by atoms with Crippen LogP contribution in [0.5, 0.6) is 0 Å². The molecule has 8 heteroatoms. The predicted molar refractivity (Wildman–Crippen MR) is 84.1 cm³/mol. The molecular formula is C14H19N3O4S. The van der Waals surface area contributed by atoms with E-state index in [0.717, 1.165) is 0 Å². The summed E-state index contributed by atoms with van der Waals surface area (Å²) < 4.78 is 25.1. The van der Waals surface area contributed by atoms with Crippen molar-refractivity contribution in [2.24, 2.45) is 0 Å². The van der Waals surface area contributed by atoms with E-state index in [1.54, 1.807) is 38.1 Å². The highest BCUT2D eigenvalue weighted by Gasteiger charge is 2.28. The van der Waals surface area contributed by atoms with E-state index in [4.69, 9.17) is 0 Å². The van der Waals surface area contributed by atoms with Crippen LogP contribution in [-0.4, -0.2) is 38.6 Å². The van der Waals surface area contributed by atoms with Gasteiger partial charge in [0.2, 0.25) is 10.0 Å². The minimum Gasteiger partial charge on any atom is -0.346 e. The van der Waals surface area contributed by atoms with Gasteiger partial charge in [0, 0.05) is 18.3 Å². The van der Waals surface area contributed by atoms with E-state index in [1.807, 2.05) is 0 Å². The maximum absolute atomic E-state index is 11.9.